The largest absolute Gasteiger partial charge is 0.296 e. The Labute approximate surface area is 152 Å². The van der Waals surface area contributed by atoms with E-state index in [0.717, 1.165) is 30.3 Å². The fourth-order valence-corrected chi connectivity index (χ4v) is 5.04. The third-order valence-electron chi connectivity index (χ3n) is 2.76. The molecule has 0 unspecified atom stereocenters. The minimum Gasteiger partial charge on any atom is -0.282 e. The second kappa shape index (κ2) is 6.40. The van der Waals surface area contributed by atoms with Gasteiger partial charge in [-0.3, -0.25) is 4.55 Å². The van der Waals surface area contributed by atoms with E-state index in [1.807, 2.05) is 0 Å². The Morgan fingerprint density at radius 2 is 1.26 bits per heavy atom. The standard InChI is InChI=1S/C12H6Cl4O5S2/c13-7-2-1-6(3-12(7)23(19,20)21)22(17,18)11-5-9(15)8(14)4-10(11)16/h1-5H,(H,19,20,21). The van der Waals surface area contributed by atoms with Gasteiger partial charge in [0.1, 0.15) is 4.90 Å². The summed E-state index contributed by atoms with van der Waals surface area (Å²) in [6, 6.07) is 5.03. The lowest BCUT2D eigenvalue weighted by Gasteiger charge is -2.10. The molecule has 0 atom stereocenters. The molecule has 11 heteroatoms. The van der Waals surface area contributed by atoms with Crippen LogP contribution in [0.15, 0.2) is 45.0 Å². The molecule has 0 fully saturated rings. The summed E-state index contributed by atoms with van der Waals surface area (Å²) in [5.74, 6) is 0. The van der Waals surface area contributed by atoms with E-state index in [4.69, 9.17) is 51.0 Å². The van der Waals surface area contributed by atoms with Gasteiger partial charge in [0, 0.05) is 0 Å². The van der Waals surface area contributed by atoms with Gasteiger partial charge < -0.3 is 0 Å². The summed E-state index contributed by atoms with van der Waals surface area (Å²) in [5.41, 5.74) is 0. The van der Waals surface area contributed by atoms with Crippen LogP contribution in [0.5, 0.6) is 0 Å². The second-order valence-electron chi connectivity index (χ2n) is 4.27. The summed E-state index contributed by atoms with van der Waals surface area (Å²) in [4.78, 5) is -1.54. The van der Waals surface area contributed by atoms with Crippen molar-refractivity contribution >= 4 is 66.4 Å². The van der Waals surface area contributed by atoms with E-state index in [2.05, 4.69) is 0 Å². The predicted octanol–water partition coefficient (Wildman–Crippen LogP) is 4.38. The maximum Gasteiger partial charge on any atom is 0.296 e. The molecular formula is C12H6Cl4O5S2. The smallest absolute Gasteiger partial charge is 0.282 e. The van der Waals surface area contributed by atoms with Crippen LogP contribution in [0.3, 0.4) is 0 Å². The van der Waals surface area contributed by atoms with Crippen LogP contribution < -0.4 is 0 Å². The van der Waals surface area contributed by atoms with Crippen LogP contribution in [0.2, 0.25) is 20.1 Å². The minimum absolute atomic E-state index is 0.0430. The fourth-order valence-electron chi connectivity index (χ4n) is 1.69. The molecule has 5 nitrogen and oxygen atoms in total. The Morgan fingerprint density at radius 1 is 0.696 bits per heavy atom. The molecule has 0 aliphatic heterocycles. The molecule has 0 aliphatic carbocycles. The number of hydrogen-bond acceptors (Lipinski definition) is 4. The van der Waals surface area contributed by atoms with Crippen molar-refractivity contribution in [3.8, 4) is 0 Å². The molecule has 0 heterocycles. The van der Waals surface area contributed by atoms with Crippen LogP contribution >= 0.6 is 46.4 Å². The van der Waals surface area contributed by atoms with Crippen molar-refractivity contribution in [1.82, 2.24) is 0 Å². The van der Waals surface area contributed by atoms with E-state index >= 15 is 0 Å². The normalized spacial score (nSPS) is 12.4. The van der Waals surface area contributed by atoms with Gasteiger partial charge in [-0.05, 0) is 30.3 Å². The first-order valence-corrected chi connectivity index (χ1v) is 10.0. The van der Waals surface area contributed by atoms with Crippen LogP contribution in [0.25, 0.3) is 0 Å². The van der Waals surface area contributed by atoms with E-state index in [0.29, 0.717) is 0 Å². The molecule has 23 heavy (non-hydrogen) atoms. The predicted molar refractivity (Wildman–Crippen MR) is 88.2 cm³/mol. The molecule has 0 spiro atoms. The van der Waals surface area contributed by atoms with E-state index < -0.39 is 29.7 Å². The number of halogens is 4. The van der Waals surface area contributed by atoms with Crippen molar-refractivity contribution in [1.29, 1.82) is 0 Å². The average molecular weight is 436 g/mol. The topological polar surface area (TPSA) is 88.5 Å². The van der Waals surface area contributed by atoms with Crippen molar-refractivity contribution in [2.45, 2.75) is 14.7 Å². The van der Waals surface area contributed by atoms with Gasteiger partial charge >= 0.3 is 0 Å². The SMILES string of the molecule is O=S(=O)(O)c1cc(S(=O)(=O)c2cc(Cl)c(Cl)cc2Cl)ccc1Cl. The maximum absolute atomic E-state index is 12.6. The fraction of sp³-hybridized carbons (Fsp3) is 0. The first kappa shape index (κ1) is 18.8. The monoisotopic (exact) mass is 434 g/mol. The first-order chi connectivity index (χ1) is 10.4. The summed E-state index contributed by atoms with van der Waals surface area (Å²) in [7, 11) is -8.92. The molecule has 0 saturated heterocycles. The van der Waals surface area contributed by atoms with Crippen molar-refractivity contribution in [2.75, 3.05) is 0 Å². The van der Waals surface area contributed by atoms with Gasteiger partial charge in [-0.25, -0.2) is 8.42 Å². The quantitative estimate of drug-likeness (QED) is 0.570. The average Bonchev–Trinajstić information content (AvgIpc) is 2.41. The Morgan fingerprint density at radius 3 is 1.83 bits per heavy atom. The minimum atomic E-state index is -4.70. The zero-order valence-corrected chi connectivity index (χ0v) is 15.5. The van der Waals surface area contributed by atoms with Crippen LogP contribution in [0, 0.1) is 0 Å². The van der Waals surface area contributed by atoms with Gasteiger partial charge in [-0.2, -0.15) is 8.42 Å². The van der Waals surface area contributed by atoms with E-state index in [1.54, 1.807) is 0 Å². The van der Waals surface area contributed by atoms with Crippen molar-refractivity contribution in [2.24, 2.45) is 0 Å². The van der Waals surface area contributed by atoms with Gasteiger partial charge in [0.05, 0.1) is 29.9 Å². The molecule has 0 radical (unpaired) electrons. The second-order valence-corrected chi connectivity index (χ2v) is 9.20. The molecule has 0 aromatic heterocycles. The number of sulfone groups is 1. The third-order valence-corrected chi connectivity index (χ3v) is 7.03. The van der Waals surface area contributed by atoms with Crippen LogP contribution in [0.4, 0.5) is 0 Å². The van der Waals surface area contributed by atoms with Crippen molar-refractivity contribution in [3.05, 3.63) is 50.4 Å². The highest BCUT2D eigenvalue weighted by Crippen LogP contribution is 2.35. The Hall–Kier alpha value is -0.540. The van der Waals surface area contributed by atoms with E-state index in [1.165, 1.54) is 0 Å². The van der Waals surface area contributed by atoms with Gasteiger partial charge in [0.25, 0.3) is 10.1 Å². The molecule has 0 saturated carbocycles. The third kappa shape index (κ3) is 3.76. The van der Waals surface area contributed by atoms with E-state index in [9.17, 15) is 16.8 Å². The van der Waals surface area contributed by atoms with Crippen LogP contribution in [-0.4, -0.2) is 21.4 Å². The highest BCUT2D eigenvalue weighted by atomic mass is 35.5. The first-order valence-electron chi connectivity index (χ1n) is 5.61. The summed E-state index contributed by atoms with van der Waals surface area (Å²) in [5, 5.41) is -0.501. The molecule has 124 valence electrons. The highest BCUT2D eigenvalue weighted by molar-refractivity contribution is 7.91. The lowest BCUT2D eigenvalue weighted by molar-refractivity contribution is 0.483. The lowest BCUT2D eigenvalue weighted by atomic mass is 10.3. The van der Waals surface area contributed by atoms with Gasteiger partial charge in [0.15, 0.2) is 0 Å². The number of hydrogen-bond donors (Lipinski definition) is 1. The Bertz CT molecular complexity index is 1000. The van der Waals surface area contributed by atoms with E-state index in [-0.39, 0.29) is 25.0 Å². The zero-order valence-electron chi connectivity index (χ0n) is 10.8. The molecule has 0 amide bonds. The Balaban J connectivity index is 2.74. The van der Waals surface area contributed by atoms with Crippen LogP contribution in [0.1, 0.15) is 0 Å². The zero-order chi connectivity index (χ0) is 17.6. The summed E-state index contributed by atoms with van der Waals surface area (Å²) >= 11 is 23.1. The molecule has 2 rings (SSSR count). The number of benzene rings is 2. The molecule has 1 N–H and O–H groups in total. The highest BCUT2D eigenvalue weighted by Gasteiger charge is 2.25. The van der Waals surface area contributed by atoms with Crippen molar-refractivity contribution < 1.29 is 21.4 Å². The van der Waals surface area contributed by atoms with Gasteiger partial charge in [-0.1, -0.05) is 46.4 Å². The van der Waals surface area contributed by atoms with Gasteiger partial charge in [-0.15, -0.1) is 0 Å². The molecule has 0 bridgehead atoms. The van der Waals surface area contributed by atoms with Gasteiger partial charge in [0.2, 0.25) is 9.84 Å². The molecule has 2 aromatic rings. The Kier molecular flexibility index (Phi) is 5.23. The van der Waals surface area contributed by atoms with Crippen LogP contribution in [-0.2, 0) is 20.0 Å². The molecule has 0 aliphatic rings. The molecular weight excluding hydrogens is 430 g/mol. The summed E-state index contributed by atoms with van der Waals surface area (Å²) < 4.78 is 56.8. The molecule has 2 aromatic carbocycles. The van der Waals surface area contributed by atoms with Crippen molar-refractivity contribution in [3.63, 3.8) is 0 Å². The number of rotatable bonds is 3. The lowest BCUT2D eigenvalue weighted by Crippen LogP contribution is -2.06. The summed E-state index contributed by atoms with van der Waals surface area (Å²) in [6.07, 6.45) is 0. The maximum atomic E-state index is 12.6. The summed E-state index contributed by atoms with van der Waals surface area (Å²) in [6.45, 7) is 0.